The lowest BCUT2D eigenvalue weighted by atomic mass is 9.96. The molecular weight excluding hydrogens is 268 g/mol. The highest BCUT2D eigenvalue weighted by Gasteiger charge is 2.24. The number of hydrogen-bond donors (Lipinski definition) is 1. The SMILES string of the molecule is COc1nc(N)nc(N2CCC(CN3CCCC3)CC2)n1. The Balaban J connectivity index is 1.56. The summed E-state index contributed by atoms with van der Waals surface area (Å²) in [7, 11) is 1.54. The average molecular weight is 292 g/mol. The molecule has 0 spiro atoms. The predicted octanol–water partition coefficient (Wildman–Crippen LogP) is 0.775. The molecule has 7 nitrogen and oxygen atoms in total. The first kappa shape index (κ1) is 14.3. The van der Waals surface area contributed by atoms with E-state index in [1.165, 1.54) is 45.3 Å². The predicted molar refractivity (Wildman–Crippen MR) is 81.4 cm³/mol. The third kappa shape index (κ3) is 3.53. The summed E-state index contributed by atoms with van der Waals surface area (Å²) in [6, 6.07) is 0.289. The quantitative estimate of drug-likeness (QED) is 0.878. The molecule has 0 aromatic carbocycles. The van der Waals surface area contributed by atoms with Gasteiger partial charge in [-0.25, -0.2) is 0 Å². The Hall–Kier alpha value is -1.63. The molecule has 3 heterocycles. The highest BCUT2D eigenvalue weighted by molar-refractivity contribution is 5.36. The lowest BCUT2D eigenvalue weighted by Gasteiger charge is -2.33. The molecule has 0 aliphatic carbocycles. The number of likely N-dealkylation sites (tertiary alicyclic amines) is 1. The number of nitrogen functional groups attached to an aromatic ring is 1. The van der Waals surface area contributed by atoms with Crippen molar-refractivity contribution in [1.82, 2.24) is 19.9 Å². The Labute approximate surface area is 125 Å². The van der Waals surface area contributed by atoms with Crippen LogP contribution in [0.3, 0.4) is 0 Å². The zero-order chi connectivity index (χ0) is 14.7. The third-order valence-corrected chi connectivity index (χ3v) is 4.42. The summed E-state index contributed by atoms with van der Waals surface area (Å²) in [5, 5.41) is 0. The van der Waals surface area contributed by atoms with Crippen molar-refractivity contribution in [3.8, 4) is 6.01 Å². The fourth-order valence-electron chi connectivity index (χ4n) is 3.24. The Morgan fingerprint density at radius 2 is 1.81 bits per heavy atom. The fourth-order valence-corrected chi connectivity index (χ4v) is 3.24. The second kappa shape index (κ2) is 6.43. The summed E-state index contributed by atoms with van der Waals surface area (Å²) < 4.78 is 5.06. The molecule has 0 unspecified atom stereocenters. The summed E-state index contributed by atoms with van der Waals surface area (Å²) in [6.45, 7) is 5.76. The molecule has 0 bridgehead atoms. The van der Waals surface area contributed by atoms with Gasteiger partial charge in [0.2, 0.25) is 11.9 Å². The maximum atomic E-state index is 5.70. The second-order valence-electron chi connectivity index (χ2n) is 5.92. The van der Waals surface area contributed by atoms with Gasteiger partial charge in [0, 0.05) is 19.6 Å². The van der Waals surface area contributed by atoms with Gasteiger partial charge in [0.05, 0.1) is 7.11 Å². The van der Waals surface area contributed by atoms with Crippen molar-refractivity contribution >= 4 is 11.9 Å². The van der Waals surface area contributed by atoms with E-state index in [2.05, 4.69) is 24.8 Å². The molecule has 7 heteroatoms. The van der Waals surface area contributed by atoms with Crippen LogP contribution < -0.4 is 15.4 Å². The van der Waals surface area contributed by atoms with Crippen molar-refractivity contribution < 1.29 is 4.74 Å². The molecule has 116 valence electrons. The van der Waals surface area contributed by atoms with E-state index in [4.69, 9.17) is 10.5 Å². The lowest BCUT2D eigenvalue weighted by molar-refractivity contribution is 0.248. The molecule has 1 aromatic heterocycles. The highest BCUT2D eigenvalue weighted by atomic mass is 16.5. The summed E-state index contributed by atoms with van der Waals surface area (Å²) in [6.07, 6.45) is 5.10. The van der Waals surface area contributed by atoms with Gasteiger partial charge in [-0.2, -0.15) is 15.0 Å². The zero-order valence-electron chi connectivity index (χ0n) is 12.7. The smallest absolute Gasteiger partial charge is 0.322 e. The third-order valence-electron chi connectivity index (χ3n) is 4.42. The van der Waals surface area contributed by atoms with Crippen LogP contribution in [0.1, 0.15) is 25.7 Å². The van der Waals surface area contributed by atoms with E-state index in [-0.39, 0.29) is 12.0 Å². The molecule has 2 saturated heterocycles. The Bertz CT molecular complexity index is 469. The van der Waals surface area contributed by atoms with E-state index in [1.54, 1.807) is 7.11 Å². The minimum absolute atomic E-state index is 0.219. The first-order valence-corrected chi connectivity index (χ1v) is 7.77. The minimum Gasteiger partial charge on any atom is -0.467 e. The van der Waals surface area contributed by atoms with Gasteiger partial charge in [-0.3, -0.25) is 0 Å². The molecule has 2 aliphatic rings. The summed E-state index contributed by atoms with van der Waals surface area (Å²) in [4.78, 5) is 17.2. The van der Waals surface area contributed by atoms with E-state index >= 15 is 0 Å². The first-order chi connectivity index (χ1) is 10.2. The van der Waals surface area contributed by atoms with Gasteiger partial charge in [0.25, 0.3) is 0 Å². The van der Waals surface area contributed by atoms with Crippen LogP contribution in [-0.2, 0) is 0 Å². The number of ether oxygens (including phenoxy) is 1. The number of nitrogens with two attached hydrogens (primary N) is 1. The Kier molecular flexibility index (Phi) is 4.38. The van der Waals surface area contributed by atoms with Gasteiger partial charge >= 0.3 is 6.01 Å². The fraction of sp³-hybridized carbons (Fsp3) is 0.786. The van der Waals surface area contributed by atoms with Crippen LogP contribution in [0.5, 0.6) is 6.01 Å². The zero-order valence-corrected chi connectivity index (χ0v) is 12.7. The van der Waals surface area contributed by atoms with Gasteiger partial charge in [-0.1, -0.05) is 0 Å². The molecule has 1 aromatic rings. The van der Waals surface area contributed by atoms with Gasteiger partial charge in [-0.05, 0) is 44.7 Å². The van der Waals surface area contributed by atoms with Gasteiger partial charge < -0.3 is 20.3 Å². The van der Waals surface area contributed by atoms with E-state index in [1.807, 2.05) is 0 Å². The molecule has 0 radical (unpaired) electrons. The van der Waals surface area contributed by atoms with Crippen LogP contribution in [0.15, 0.2) is 0 Å². The maximum absolute atomic E-state index is 5.70. The van der Waals surface area contributed by atoms with Crippen molar-refractivity contribution in [3.63, 3.8) is 0 Å². The number of piperidine rings is 1. The highest BCUT2D eigenvalue weighted by Crippen LogP contribution is 2.24. The van der Waals surface area contributed by atoms with Crippen molar-refractivity contribution in [2.24, 2.45) is 5.92 Å². The van der Waals surface area contributed by atoms with Crippen LogP contribution in [0.4, 0.5) is 11.9 Å². The van der Waals surface area contributed by atoms with Crippen LogP contribution in [-0.4, -0.2) is 59.7 Å². The topological polar surface area (TPSA) is 80.4 Å². The van der Waals surface area contributed by atoms with Crippen molar-refractivity contribution in [3.05, 3.63) is 0 Å². The largest absolute Gasteiger partial charge is 0.467 e. The molecule has 0 atom stereocenters. The van der Waals surface area contributed by atoms with E-state index in [9.17, 15) is 0 Å². The standard InChI is InChI=1S/C14H24N6O/c1-21-14-17-12(15)16-13(18-14)20-8-4-11(5-9-20)10-19-6-2-3-7-19/h11H,2-10H2,1H3,(H2,15,16,17,18). The van der Waals surface area contributed by atoms with Gasteiger partial charge in [0.1, 0.15) is 0 Å². The molecule has 2 fully saturated rings. The molecule has 0 amide bonds. The molecule has 3 rings (SSSR count). The van der Waals surface area contributed by atoms with Crippen molar-refractivity contribution in [2.45, 2.75) is 25.7 Å². The van der Waals surface area contributed by atoms with E-state index in [0.717, 1.165) is 19.0 Å². The van der Waals surface area contributed by atoms with Gasteiger partial charge in [-0.15, -0.1) is 0 Å². The van der Waals surface area contributed by atoms with Crippen molar-refractivity contribution in [1.29, 1.82) is 0 Å². The monoisotopic (exact) mass is 292 g/mol. The normalized spacial score (nSPS) is 20.9. The lowest BCUT2D eigenvalue weighted by Crippen LogP contribution is -2.39. The molecular formula is C14H24N6O. The van der Waals surface area contributed by atoms with Gasteiger partial charge in [0.15, 0.2) is 0 Å². The second-order valence-corrected chi connectivity index (χ2v) is 5.92. The summed E-state index contributed by atoms with van der Waals surface area (Å²) in [5.74, 6) is 1.65. The van der Waals surface area contributed by atoms with E-state index < -0.39 is 0 Å². The molecule has 2 aliphatic heterocycles. The minimum atomic E-state index is 0.219. The Morgan fingerprint density at radius 3 is 2.48 bits per heavy atom. The molecule has 0 saturated carbocycles. The number of aromatic nitrogens is 3. The Morgan fingerprint density at radius 1 is 1.10 bits per heavy atom. The molecule has 2 N–H and O–H groups in total. The number of anilines is 2. The van der Waals surface area contributed by atoms with Crippen molar-refractivity contribution in [2.75, 3.05) is 50.5 Å². The van der Waals surface area contributed by atoms with Crippen LogP contribution >= 0.6 is 0 Å². The number of methoxy groups -OCH3 is 1. The van der Waals surface area contributed by atoms with E-state index in [0.29, 0.717) is 5.95 Å². The maximum Gasteiger partial charge on any atom is 0.322 e. The molecule has 21 heavy (non-hydrogen) atoms. The number of nitrogens with zero attached hydrogens (tertiary/aromatic N) is 5. The summed E-state index contributed by atoms with van der Waals surface area (Å²) in [5.41, 5.74) is 5.70. The number of hydrogen-bond acceptors (Lipinski definition) is 7. The summed E-state index contributed by atoms with van der Waals surface area (Å²) >= 11 is 0. The van der Waals surface area contributed by atoms with Crippen LogP contribution in [0.2, 0.25) is 0 Å². The number of rotatable bonds is 4. The van der Waals surface area contributed by atoms with Crippen LogP contribution in [0.25, 0.3) is 0 Å². The van der Waals surface area contributed by atoms with Crippen LogP contribution in [0, 0.1) is 5.92 Å². The average Bonchev–Trinajstić information content (AvgIpc) is 3.00. The first-order valence-electron chi connectivity index (χ1n) is 7.77.